The molecule has 0 aromatic carbocycles. The highest BCUT2D eigenvalue weighted by Crippen LogP contribution is 2.30. The molecule has 4 heteroatoms. The van der Waals surface area contributed by atoms with Crippen molar-refractivity contribution in [1.82, 2.24) is 0 Å². The van der Waals surface area contributed by atoms with Crippen LogP contribution < -0.4 is 0 Å². The van der Waals surface area contributed by atoms with Crippen LogP contribution in [0.2, 0.25) is 0 Å². The van der Waals surface area contributed by atoms with Crippen LogP contribution in [0.15, 0.2) is 33.0 Å². The number of halogens is 1. The minimum atomic E-state index is 0.113. The van der Waals surface area contributed by atoms with Gasteiger partial charge in [-0.05, 0) is 58.1 Å². The maximum Gasteiger partial charge on any atom is 0.216 e. The molecular weight excluding hydrogens is 268 g/mol. The van der Waals surface area contributed by atoms with E-state index in [1.807, 2.05) is 24.3 Å². The molecule has 2 rings (SSSR count). The summed E-state index contributed by atoms with van der Waals surface area (Å²) in [4.78, 5) is 13.1. The number of hydrogen-bond donors (Lipinski definition) is 0. The fraction of sp³-hybridized carbons (Fsp3) is 0. The second kappa shape index (κ2) is 3.82. The van der Waals surface area contributed by atoms with Gasteiger partial charge in [0.15, 0.2) is 0 Å². The van der Waals surface area contributed by atoms with Gasteiger partial charge in [-0.25, -0.2) is 0 Å². The van der Waals surface area contributed by atoms with Gasteiger partial charge in [-0.15, -0.1) is 11.3 Å². The number of hydrogen-bond acceptors (Lipinski definition) is 3. The third-order valence-corrected chi connectivity index (χ3v) is 3.88. The maximum atomic E-state index is 10.9. The molecule has 1 aromatic heterocycles. The Morgan fingerprint density at radius 3 is 2.69 bits per heavy atom. The van der Waals surface area contributed by atoms with E-state index in [0.29, 0.717) is 0 Å². The predicted octanol–water partition coefficient (Wildman–Crippen LogP) is 3.68. The van der Waals surface area contributed by atoms with E-state index in [-0.39, 0.29) is 5.12 Å². The summed E-state index contributed by atoms with van der Waals surface area (Å²) in [6, 6.07) is 4.03. The molecule has 0 N–H and O–H groups in total. The molecule has 1 aliphatic heterocycles. The van der Waals surface area contributed by atoms with E-state index < -0.39 is 0 Å². The minimum Gasteiger partial charge on any atom is -0.282 e. The molecule has 1 aliphatic rings. The van der Waals surface area contributed by atoms with Gasteiger partial charge < -0.3 is 0 Å². The molecule has 0 saturated heterocycles. The lowest BCUT2D eigenvalue weighted by molar-refractivity contribution is -0.106. The van der Waals surface area contributed by atoms with Crippen molar-refractivity contribution < 1.29 is 4.79 Å². The summed E-state index contributed by atoms with van der Waals surface area (Å²) in [6.45, 7) is 0. The third kappa shape index (κ3) is 2.33. The summed E-state index contributed by atoms with van der Waals surface area (Å²) in [6.07, 6.45) is 5.46. The summed E-state index contributed by atoms with van der Waals surface area (Å²) < 4.78 is 1.11. The third-order valence-electron chi connectivity index (χ3n) is 1.48. The fourth-order valence-corrected chi connectivity index (χ4v) is 3.10. The van der Waals surface area contributed by atoms with Gasteiger partial charge in [0.2, 0.25) is 5.12 Å². The van der Waals surface area contributed by atoms with Crippen LogP contribution in [0.5, 0.6) is 0 Å². The number of rotatable bonds is 1. The first-order valence-electron chi connectivity index (χ1n) is 3.61. The Morgan fingerprint density at radius 2 is 2.15 bits per heavy atom. The first kappa shape index (κ1) is 9.24. The van der Waals surface area contributed by atoms with Crippen LogP contribution >= 0.6 is 39.0 Å². The normalized spacial score (nSPS) is 18.8. The monoisotopic (exact) mass is 272 g/mol. The molecule has 0 saturated carbocycles. The standard InChI is InChI=1S/C9H5BrOS2/c10-8-3-1-6(12-8)5-7-2-4-9(11)13-7/h1-5H. The summed E-state index contributed by atoms with van der Waals surface area (Å²) in [5.74, 6) is 0. The zero-order chi connectivity index (χ0) is 9.26. The van der Waals surface area contributed by atoms with E-state index >= 15 is 0 Å². The molecule has 0 fully saturated rings. The van der Waals surface area contributed by atoms with Gasteiger partial charge in [0, 0.05) is 9.78 Å². The van der Waals surface area contributed by atoms with Crippen LogP contribution in [0.25, 0.3) is 6.08 Å². The van der Waals surface area contributed by atoms with Crippen LogP contribution in [-0.2, 0) is 4.79 Å². The van der Waals surface area contributed by atoms with Gasteiger partial charge in [0.05, 0.1) is 3.79 Å². The topological polar surface area (TPSA) is 17.1 Å². The number of thioether (sulfide) groups is 1. The summed E-state index contributed by atoms with van der Waals surface area (Å²) in [5.41, 5.74) is 0. The van der Waals surface area contributed by atoms with Crippen molar-refractivity contribution in [3.63, 3.8) is 0 Å². The van der Waals surface area contributed by atoms with Crippen molar-refractivity contribution in [1.29, 1.82) is 0 Å². The van der Waals surface area contributed by atoms with E-state index in [0.717, 1.165) is 13.6 Å². The second-order valence-electron chi connectivity index (χ2n) is 2.44. The second-order valence-corrected chi connectivity index (χ2v) is 6.02. The number of thiophene rings is 1. The van der Waals surface area contributed by atoms with Crippen LogP contribution in [0.3, 0.4) is 0 Å². The summed E-state index contributed by atoms with van der Waals surface area (Å²) in [7, 11) is 0. The Hall–Kier alpha value is -0.320. The molecule has 1 aromatic rings. The summed E-state index contributed by atoms with van der Waals surface area (Å²) >= 11 is 6.32. The van der Waals surface area contributed by atoms with Crippen LogP contribution in [-0.4, -0.2) is 5.12 Å². The zero-order valence-electron chi connectivity index (χ0n) is 6.49. The Morgan fingerprint density at radius 1 is 1.31 bits per heavy atom. The van der Waals surface area contributed by atoms with Gasteiger partial charge in [0.1, 0.15) is 0 Å². The van der Waals surface area contributed by atoms with E-state index in [2.05, 4.69) is 15.9 Å². The van der Waals surface area contributed by atoms with E-state index in [1.54, 1.807) is 17.4 Å². The highest BCUT2D eigenvalue weighted by atomic mass is 79.9. The predicted molar refractivity (Wildman–Crippen MR) is 61.7 cm³/mol. The van der Waals surface area contributed by atoms with Gasteiger partial charge in [0.25, 0.3) is 0 Å². The lowest BCUT2D eigenvalue weighted by Crippen LogP contribution is -1.73. The first-order chi connectivity index (χ1) is 6.24. The lowest BCUT2D eigenvalue weighted by atomic mass is 10.4. The van der Waals surface area contributed by atoms with Gasteiger partial charge >= 0.3 is 0 Å². The van der Waals surface area contributed by atoms with E-state index in [9.17, 15) is 4.79 Å². The molecule has 2 heterocycles. The van der Waals surface area contributed by atoms with Gasteiger partial charge in [-0.1, -0.05) is 0 Å². The molecule has 0 unspecified atom stereocenters. The van der Waals surface area contributed by atoms with Crippen molar-refractivity contribution in [2.24, 2.45) is 0 Å². The van der Waals surface area contributed by atoms with Gasteiger partial charge in [-0.2, -0.15) is 0 Å². The highest BCUT2D eigenvalue weighted by Gasteiger charge is 2.09. The molecule has 13 heavy (non-hydrogen) atoms. The van der Waals surface area contributed by atoms with Gasteiger partial charge in [-0.3, -0.25) is 4.79 Å². The van der Waals surface area contributed by atoms with Crippen LogP contribution in [0, 0.1) is 0 Å². The van der Waals surface area contributed by atoms with Crippen molar-refractivity contribution in [3.8, 4) is 0 Å². The van der Waals surface area contributed by atoms with Crippen molar-refractivity contribution >= 4 is 50.2 Å². The maximum absolute atomic E-state index is 10.9. The Bertz CT molecular complexity index is 404. The molecule has 1 nitrogen and oxygen atoms in total. The summed E-state index contributed by atoms with van der Waals surface area (Å²) in [5, 5.41) is 0.113. The molecule has 0 radical (unpaired) electrons. The molecule has 0 spiro atoms. The smallest absolute Gasteiger partial charge is 0.216 e. The number of carbonyl (C=O) groups is 1. The SMILES string of the molecule is O=C1C=CC(=Cc2ccc(Br)s2)S1. The largest absolute Gasteiger partial charge is 0.282 e. The minimum absolute atomic E-state index is 0.113. The average molecular weight is 273 g/mol. The average Bonchev–Trinajstić information content (AvgIpc) is 2.62. The zero-order valence-corrected chi connectivity index (χ0v) is 9.71. The van der Waals surface area contributed by atoms with E-state index in [4.69, 9.17) is 0 Å². The number of allylic oxidation sites excluding steroid dienone is 1. The quantitative estimate of drug-likeness (QED) is 0.776. The lowest BCUT2D eigenvalue weighted by Gasteiger charge is -1.88. The fourth-order valence-electron chi connectivity index (χ4n) is 0.958. The molecule has 0 aliphatic carbocycles. The number of carbonyl (C=O) groups excluding carboxylic acids is 1. The Balaban J connectivity index is 2.22. The Labute approximate surface area is 92.7 Å². The molecular formula is C9H5BrOS2. The highest BCUT2D eigenvalue weighted by molar-refractivity contribution is 9.11. The molecule has 0 atom stereocenters. The van der Waals surface area contributed by atoms with Crippen LogP contribution in [0.1, 0.15) is 4.88 Å². The van der Waals surface area contributed by atoms with Crippen molar-refractivity contribution in [3.05, 3.63) is 37.9 Å². The molecule has 66 valence electrons. The molecule has 0 bridgehead atoms. The van der Waals surface area contributed by atoms with Crippen LogP contribution in [0.4, 0.5) is 0 Å². The van der Waals surface area contributed by atoms with Crippen molar-refractivity contribution in [2.75, 3.05) is 0 Å². The Kier molecular flexibility index (Phi) is 2.71. The first-order valence-corrected chi connectivity index (χ1v) is 6.03. The van der Waals surface area contributed by atoms with E-state index in [1.165, 1.54) is 11.8 Å². The van der Waals surface area contributed by atoms with Crippen molar-refractivity contribution in [2.45, 2.75) is 0 Å². The molecule has 0 amide bonds.